The van der Waals surface area contributed by atoms with Crippen LogP contribution >= 0.6 is 11.3 Å². The fourth-order valence-corrected chi connectivity index (χ4v) is 0.944. The van der Waals surface area contributed by atoms with Gasteiger partial charge in [0.25, 0.3) is 0 Å². The van der Waals surface area contributed by atoms with Crippen molar-refractivity contribution in [2.45, 2.75) is 0 Å². The molecule has 1 heterocycles. The summed E-state index contributed by atoms with van der Waals surface area (Å²) >= 11 is 1.62. The van der Waals surface area contributed by atoms with Gasteiger partial charge in [-0.3, -0.25) is 0 Å². The van der Waals surface area contributed by atoms with Crippen LogP contribution in [0.3, 0.4) is 0 Å². The fourth-order valence-electron chi connectivity index (χ4n) is 0.347. The molecule has 1 aromatic heterocycles. The highest BCUT2D eigenvalue weighted by atomic mass is 32.1. The smallest absolute Gasteiger partial charge is 0.0349 e. The van der Waals surface area contributed by atoms with Crippen LogP contribution in [0.2, 0.25) is 0 Å². The monoisotopic (exact) mass is 125 g/mol. The SMILES string of the molecule is C#Cc1ccsc1.N. The summed E-state index contributed by atoms with van der Waals surface area (Å²) in [6, 6.07) is 1.92. The Bertz CT molecular complexity index is 171. The fraction of sp³-hybridized carbons (Fsp3) is 0. The molecule has 0 aliphatic carbocycles. The van der Waals surface area contributed by atoms with Crippen molar-refractivity contribution in [1.29, 1.82) is 0 Å². The van der Waals surface area contributed by atoms with E-state index in [2.05, 4.69) is 5.92 Å². The Morgan fingerprint density at radius 1 is 1.62 bits per heavy atom. The lowest BCUT2D eigenvalue weighted by Crippen LogP contribution is -1.54. The maximum Gasteiger partial charge on any atom is 0.0349 e. The molecule has 0 aliphatic heterocycles. The van der Waals surface area contributed by atoms with Gasteiger partial charge in [-0.2, -0.15) is 11.3 Å². The summed E-state index contributed by atoms with van der Waals surface area (Å²) in [5, 5.41) is 3.91. The second-order valence-corrected chi connectivity index (χ2v) is 1.94. The third-order valence-corrected chi connectivity index (χ3v) is 1.37. The van der Waals surface area contributed by atoms with Gasteiger partial charge < -0.3 is 6.15 Å². The Morgan fingerprint density at radius 3 is 2.62 bits per heavy atom. The Kier molecular flexibility index (Phi) is 2.93. The number of terminal acetylenes is 1. The molecule has 0 unspecified atom stereocenters. The first-order valence-electron chi connectivity index (χ1n) is 1.92. The molecule has 3 N–H and O–H groups in total. The molecule has 1 aromatic rings. The molecule has 2 heteroatoms. The Hall–Kier alpha value is -0.780. The highest BCUT2D eigenvalue weighted by molar-refractivity contribution is 7.08. The molecule has 0 aliphatic rings. The second kappa shape index (κ2) is 3.25. The van der Waals surface area contributed by atoms with E-state index in [4.69, 9.17) is 6.42 Å². The van der Waals surface area contributed by atoms with Gasteiger partial charge in [0.1, 0.15) is 0 Å². The number of hydrogen-bond acceptors (Lipinski definition) is 2. The number of thiophene rings is 1. The quantitative estimate of drug-likeness (QED) is 0.528. The molecule has 0 fully saturated rings. The predicted octanol–water partition coefficient (Wildman–Crippen LogP) is 1.89. The van der Waals surface area contributed by atoms with E-state index in [1.54, 1.807) is 11.3 Å². The minimum absolute atomic E-state index is 0. The normalized spacial score (nSPS) is 6.88. The summed E-state index contributed by atoms with van der Waals surface area (Å²) in [4.78, 5) is 0. The van der Waals surface area contributed by atoms with Crippen molar-refractivity contribution < 1.29 is 0 Å². The summed E-state index contributed by atoms with van der Waals surface area (Å²) in [5.41, 5.74) is 0.977. The predicted molar refractivity (Wildman–Crippen MR) is 37.3 cm³/mol. The zero-order chi connectivity index (χ0) is 5.11. The van der Waals surface area contributed by atoms with Crippen molar-refractivity contribution in [3.63, 3.8) is 0 Å². The molecular formula is C6H7NS. The summed E-state index contributed by atoms with van der Waals surface area (Å²) in [6.07, 6.45) is 5.05. The lowest BCUT2D eigenvalue weighted by molar-refractivity contribution is 1.87. The van der Waals surface area contributed by atoms with Crippen LogP contribution in [0.1, 0.15) is 5.56 Å². The molecule has 1 nitrogen and oxygen atoms in total. The van der Waals surface area contributed by atoms with E-state index in [1.165, 1.54) is 0 Å². The molecule has 0 atom stereocenters. The average molecular weight is 125 g/mol. The van der Waals surface area contributed by atoms with Crippen molar-refractivity contribution >= 4 is 11.3 Å². The zero-order valence-corrected chi connectivity index (χ0v) is 5.24. The van der Waals surface area contributed by atoms with Gasteiger partial charge in [-0.05, 0) is 11.4 Å². The van der Waals surface area contributed by atoms with E-state index in [9.17, 15) is 0 Å². The standard InChI is InChI=1S/C6H4S.H3N/c1-2-6-3-4-7-5-6;/h1,3-5H;1H3. The highest BCUT2D eigenvalue weighted by Crippen LogP contribution is 2.02. The lowest BCUT2D eigenvalue weighted by atomic mass is 10.4. The van der Waals surface area contributed by atoms with Gasteiger partial charge in [-0.25, -0.2) is 0 Å². The summed E-state index contributed by atoms with van der Waals surface area (Å²) < 4.78 is 0. The summed E-state index contributed by atoms with van der Waals surface area (Å²) in [6.45, 7) is 0. The molecule has 0 radical (unpaired) electrons. The molecule has 8 heavy (non-hydrogen) atoms. The molecule has 42 valence electrons. The largest absolute Gasteiger partial charge is 0.344 e. The summed E-state index contributed by atoms with van der Waals surface area (Å²) in [7, 11) is 0. The van der Waals surface area contributed by atoms with E-state index in [1.807, 2.05) is 16.8 Å². The van der Waals surface area contributed by atoms with Crippen LogP contribution in [0.5, 0.6) is 0 Å². The first kappa shape index (κ1) is 7.22. The zero-order valence-electron chi connectivity index (χ0n) is 4.42. The van der Waals surface area contributed by atoms with E-state index >= 15 is 0 Å². The highest BCUT2D eigenvalue weighted by Gasteiger charge is 1.79. The van der Waals surface area contributed by atoms with Gasteiger partial charge in [-0.1, -0.05) is 5.92 Å². The van der Waals surface area contributed by atoms with Crippen molar-refractivity contribution in [2.24, 2.45) is 0 Å². The van der Waals surface area contributed by atoms with Crippen LogP contribution in [0.4, 0.5) is 0 Å². The third kappa shape index (κ3) is 1.38. The van der Waals surface area contributed by atoms with E-state index in [-0.39, 0.29) is 6.15 Å². The van der Waals surface area contributed by atoms with Crippen LogP contribution in [0.15, 0.2) is 16.8 Å². The van der Waals surface area contributed by atoms with Crippen LogP contribution in [0, 0.1) is 12.3 Å². The second-order valence-electron chi connectivity index (χ2n) is 1.16. The van der Waals surface area contributed by atoms with Crippen LogP contribution in [-0.2, 0) is 0 Å². The van der Waals surface area contributed by atoms with Gasteiger partial charge in [0.05, 0.1) is 0 Å². The van der Waals surface area contributed by atoms with Crippen LogP contribution < -0.4 is 6.15 Å². The van der Waals surface area contributed by atoms with Crippen LogP contribution in [-0.4, -0.2) is 0 Å². The average Bonchev–Trinajstić information content (AvgIpc) is 2.14. The molecule has 1 rings (SSSR count). The topological polar surface area (TPSA) is 35.0 Å². The van der Waals surface area contributed by atoms with Crippen molar-refractivity contribution in [3.8, 4) is 12.3 Å². The molecular weight excluding hydrogens is 118 g/mol. The van der Waals surface area contributed by atoms with E-state index in [0.29, 0.717) is 0 Å². The van der Waals surface area contributed by atoms with Gasteiger partial charge in [0, 0.05) is 10.9 Å². The molecule has 0 bridgehead atoms. The number of hydrogen-bond donors (Lipinski definition) is 1. The van der Waals surface area contributed by atoms with Crippen molar-refractivity contribution in [1.82, 2.24) is 6.15 Å². The first-order valence-corrected chi connectivity index (χ1v) is 2.86. The van der Waals surface area contributed by atoms with Gasteiger partial charge in [-0.15, -0.1) is 6.42 Å². The van der Waals surface area contributed by atoms with Crippen LogP contribution in [0.25, 0.3) is 0 Å². The first-order chi connectivity index (χ1) is 3.43. The molecule has 0 aromatic carbocycles. The molecule has 0 amide bonds. The minimum Gasteiger partial charge on any atom is -0.344 e. The maximum atomic E-state index is 5.05. The summed E-state index contributed by atoms with van der Waals surface area (Å²) in [5.74, 6) is 2.52. The van der Waals surface area contributed by atoms with E-state index < -0.39 is 0 Å². The van der Waals surface area contributed by atoms with Gasteiger partial charge >= 0.3 is 0 Å². The van der Waals surface area contributed by atoms with Gasteiger partial charge in [0.15, 0.2) is 0 Å². The lowest BCUT2D eigenvalue weighted by Gasteiger charge is -1.66. The maximum absolute atomic E-state index is 5.05. The molecule has 0 saturated carbocycles. The molecule has 0 saturated heterocycles. The van der Waals surface area contributed by atoms with Crippen molar-refractivity contribution in [3.05, 3.63) is 22.4 Å². The van der Waals surface area contributed by atoms with Gasteiger partial charge in [0.2, 0.25) is 0 Å². The Morgan fingerprint density at radius 2 is 2.38 bits per heavy atom. The molecule has 0 spiro atoms. The van der Waals surface area contributed by atoms with Crippen molar-refractivity contribution in [2.75, 3.05) is 0 Å². The van der Waals surface area contributed by atoms with E-state index in [0.717, 1.165) is 5.56 Å². The Balaban J connectivity index is 0.000000490. The Labute approximate surface area is 52.9 Å². The third-order valence-electron chi connectivity index (χ3n) is 0.688. The number of rotatable bonds is 0. The minimum atomic E-state index is 0.